The topological polar surface area (TPSA) is 87.5 Å². The monoisotopic (exact) mass is 303 g/mol. The molecule has 0 saturated heterocycles. The third-order valence-corrected chi connectivity index (χ3v) is 3.42. The Morgan fingerprint density at radius 3 is 2.73 bits per heavy atom. The van der Waals surface area contributed by atoms with Gasteiger partial charge in [0.15, 0.2) is 5.76 Å². The Morgan fingerprint density at radius 2 is 2.09 bits per heavy atom. The summed E-state index contributed by atoms with van der Waals surface area (Å²) in [4.78, 5) is 21.2. The van der Waals surface area contributed by atoms with Crippen LogP contribution in [0.25, 0.3) is 5.78 Å². The minimum absolute atomic E-state index is 0.166. The SMILES string of the molecule is COc1cc(Cn2c(C)nc3nc(C(C)C)cc(=O)n32)on1. The molecule has 0 atom stereocenters. The Balaban J connectivity index is 2.09. The van der Waals surface area contributed by atoms with Gasteiger partial charge in [0.2, 0.25) is 0 Å². The van der Waals surface area contributed by atoms with Crippen LogP contribution in [0.5, 0.6) is 5.88 Å². The lowest BCUT2D eigenvalue weighted by Gasteiger charge is -2.06. The summed E-state index contributed by atoms with van der Waals surface area (Å²) in [5, 5.41) is 3.75. The highest BCUT2D eigenvalue weighted by molar-refractivity contribution is 5.30. The summed E-state index contributed by atoms with van der Waals surface area (Å²) in [6.07, 6.45) is 0. The van der Waals surface area contributed by atoms with Crippen molar-refractivity contribution in [2.75, 3.05) is 7.11 Å². The van der Waals surface area contributed by atoms with Crippen LogP contribution in [-0.2, 0) is 6.54 Å². The van der Waals surface area contributed by atoms with Crippen molar-refractivity contribution in [1.29, 1.82) is 0 Å². The summed E-state index contributed by atoms with van der Waals surface area (Å²) in [7, 11) is 1.52. The van der Waals surface area contributed by atoms with Crippen molar-refractivity contribution in [3.8, 4) is 5.88 Å². The minimum Gasteiger partial charge on any atom is -0.479 e. The van der Waals surface area contributed by atoms with Crippen molar-refractivity contribution in [3.05, 3.63) is 39.8 Å². The van der Waals surface area contributed by atoms with Crippen LogP contribution in [0.2, 0.25) is 0 Å². The Hall–Kier alpha value is -2.64. The lowest BCUT2D eigenvalue weighted by Crippen LogP contribution is -2.23. The van der Waals surface area contributed by atoms with E-state index in [0.717, 1.165) is 5.69 Å². The van der Waals surface area contributed by atoms with E-state index >= 15 is 0 Å². The van der Waals surface area contributed by atoms with Gasteiger partial charge in [0, 0.05) is 12.1 Å². The molecule has 0 bridgehead atoms. The third kappa shape index (κ3) is 2.36. The Labute approximate surface area is 126 Å². The van der Waals surface area contributed by atoms with Crippen LogP contribution in [0.3, 0.4) is 0 Å². The molecule has 0 saturated carbocycles. The summed E-state index contributed by atoms with van der Waals surface area (Å²) in [6.45, 7) is 6.11. The number of ether oxygens (including phenoxy) is 1. The van der Waals surface area contributed by atoms with Crippen molar-refractivity contribution in [3.63, 3.8) is 0 Å². The van der Waals surface area contributed by atoms with Gasteiger partial charge in [0.25, 0.3) is 17.2 Å². The van der Waals surface area contributed by atoms with Crippen molar-refractivity contribution in [2.45, 2.75) is 33.2 Å². The molecule has 3 aromatic heterocycles. The molecular weight excluding hydrogens is 286 g/mol. The number of rotatable bonds is 4. The number of fused-ring (bicyclic) bond motifs is 1. The average molecular weight is 303 g/mol. The van der Waals surface area contributed by atoms with Gasteiger partial charge in [-0.1, -0.05) is 13.8 Å². The quantitative estimate of drug-likeness (QED) is 0.723. The zero-order chi connectivity index (χ0) is 15.9. The maximum Gasteiger partial charge on any atom is 0.274 e. The fraction of sp³-hybridized carbons (Fsp3) is 0.429. The molecule has 0 fully saturated rings. The predicted octanol–water partition coefficient (Wildman–Crippen LogP) is 1.37. The predicted molar refractivity (Wildman–Crippen MR) is 78.2 cm³/mol. The number of hydrogen-bond acceptors (Lipinski definition) is 6. The van der Waals surface area contributed by atoms with E-state index in [2.05, 4.69) is 15.1 Å². The van der Waals surface area contributed by atoms with E-state index in [1.807, 2.05) is 20.8 Å². The summed E-state index contributed by atoms with van der Waals surface area (Å²) in [6, 6.07) is 3.21. The molecular formula is C14H17N5O3. The molecule has 0 N–H and O–H groups in total. The lowest BCUT2D eigenvalue weighted by atomic mass is 10.1. The zero-order valence-corrected chi connectivity index (χ0v) is 12.9. The molecule has 3 heterocycles. The highest BCUT2D eigenvalue weighted by atomic mass is 16.5. The van der Waals surface area contributed by atoms with E-state index in [1.165, 1.54) is 17.7 Å². The van der Waals surface area contributed by atoms with Crippen molar-refractivity contribution in [1.82, 2.24) is 24.3 Å². The molecule has 116 valence electrons. The van der Waals surface area contributed by atoms with E-state index in [0.29, 0.717) is 29.8 Å². The maximum atomic E-state index is 12.4. The van der Waals surface area contributed by atoms with Crippen LogP contribution in [0.15, 0.2) is 21.5 Å². The largest absolute Gasteiger partial charge is 0.479 e. The fourth-order valence-corrected chi connectivity index (χ4v) is 2.22. The minimum atomic E-state index is -0.166. The summed E-state index contributed by atoms with van der Waals surface area (Å²) in [5.74, 6) is 2.19. The number of aromatic nitrogens is 5. The number of nitrogens with zero attached hydrogens (tertiary/aromatic N) is 5. The van der Waals surface area contributed by atoms with Crippen molar-refractivity contribution >= 4 is 5.78 Å². The molecule has 0 aliphatic heterocycles. The molecule has 3 aromatic rings. The molecule has 8 heteroatoms. The molecule has 0 unspecified atom stereocenters. The van der Waals surface area contributed by atoms with E-state index < -0.39 is 0 Å². The van der Waals surface area contributed by atoms with Gasteiger partial charge in [-0.3, -0.25) is 9.48 Å². The Morgan fingerprint density at radius 1 is 1.32 bits per heavy atom. The smallest absolute Gasteiger partial charge is 0.274 e. The maximum absolute atomic E-state index is 12.4. The zero-order valence-electron chi connectivity index (χ0n) is 12.9. The molecule has 0 amide bonds. The normalized spacial score (nSPS) is 11.5. The van der Waals surface area contributed by atoms with Gasteiger partial charge >= 0.3 is 0 Å². The van der Waals surface area contributed by atoms with E-state index in [1.54, 1.807) is 10.7 Å². The standard InChI is InChI=1S/C14H17N5O3/c1-8(2)11-6-13(20)19-14(16-11)15-9(3)18(19)7-10-5-12(21-4)17-22-10/h5-6,8H,7H2,1-4H3. The van der Waals surface area contributed by atoms with Crippen LogP contribution in [-0.4, -0.2) is 31.4 Å². The summed E-state index contributed by atoms with van der Waals surface area (Å²) >= 11 is 0. The van der Waals surface area contributed by atoms with Gasteiger partial charge in [0.05, 0.1) is 12.8 Å². The second kappa shape index (κ2) is 5.28. The van der Waals surface area contributed by atoms with Gasteiger partial charge in [-0.05, 0) is 18.0 Å². The Kier molecular flexibility index (Phi) is 3.44. The van der Waals surface area contributed by atoms with Gasteiger partial charge in [0.1, 0.15) is 12.4 Å². The second-order valence-electron chi connectivity index (χ2n) is 5.34. The second-order valence-corrected chi connectivity index (χ2v) is 5.34. The molecule has 0 aliphatic carbocycles. The van der Waals surface area contributed by atoms with Crippen molar-refractivity contribution < 1.29 is 9.26 Å². The van der Waals surface area contributed by atoms with Crippen LogP contribution in [0.4, 0.5) is 0 Å². The van der Waals surface area contributed by atoms with Crippen molar-refractivity contribution in [2.24, 2.45) is 0 Å². The van der Waals surface area contributed by atoms with E-state index in [9.17, 15) is 4.79 Å². The van der Waals surface area contributed by atoms with Crippen LogP contribution < -0.4 is 10.3 Å². The van der Waals surface area contributed by atoms with Gasteiger partial charge < -0.3 is 9.26 Å². The summed E-state index contributed by atoms with van der Waals surface area (Å²) in [5.41, 5.74) is 0.566. The molecule has 0 aromatic carbocycles. The highest BCUT2D eigenvalue weighted by Gasteiger charge is 2.15. The molecule has 3 rings (SSSR count). The first kappa shape index (κ1) is 14.3. The number of hydrogen-bond donors (Lipinski definition) is 0. The van der Waals surface area contributed by atoms with Gasteiger partial charge in [-0.25, -0.2) is 4.98 Å². The highest BCUT2D eigenvalue weighted by Crippen LogP contribution is 2.14. The first-order valence-corrected chi connectivity index (χ1v) is 6.96. The molecule has 0 radical (unpaired) electrons. The van der Waals surface area contributed by atoms with Gasteiger partial charge in [-0.15, -0.1) is 0 Å². The van der Waals surface area contributed by atoms with Gasteiger partial charge in [-0.2, -0.15) is 9.50 Å². The molecule has 0 aliphatic rings. The first-order chi connectivity index (χ1) is 10.5. The first-order valence-electron chi connectivity index (χ1n) is 6.96. The number of methoxy groups -OCH3 is 1. The molecule has 0 spiro atoms. The lowest BCUT2D eigenvalue weighted by molar-refractivity contribution is 0.320. The van der Waals surface area contributed by atoms with E-state index in [4.69, 9.17) is 9.26 Å². The van der Waals surface area contributed by atoms with Crippen LogP contribution in [0.1, 0.15) is 37.0 Å². The fourth-order valence-electron chi connectivity index (χ4n) is 2.22. The average Bonchev–Trinajstić information content (AvgIpc) is 3.04. The number of aryl methyl sites for hydroxylation is 1. The molecule has 8 nitrogen and oxygen atoms in total. The van der Waals surface area contributed by atoms with Crippen LogP contribution >= 0.6 is 0 Å². The summed E-state index contributed by atoms with van der Waals surface area (Å²) < 4.78 is 13.3. The molecule has 22 heavy (non-hydrogen) atoms. The van der Waals surface area contributed by atoms with E-state index in [-0.39, 0.29) is 11.5 Å². The third-order valence-electron chi connectivity index (χ3n) is 3.42. The Bertz CT molecular complexity index is 874. The van der Waals surface area contributed by atoms with Crippen LogP contribution in [0, 0.1) is 6.92 Å².